The fourth-order valence-electron chi connectivity index (χ4n) is 3.63. The van der Waals surface area contributed by atoms with Crippen molar-refractivity contribution in [1.29, 1.82) is 0 Å². The van der Waals surface area contributed by atoms with Crippen LogP contribution in [-0.2, 0) is 14.3 Å². The first-order chi connectivity index (χ1) is 16.4. The number of fused-ring (bicyclic) bond motifs is 1. The van der Waals surface area contributed by atoms with Gasteiger partial charge in [0.15, 0.2) is 11.8 Å². The predicted molar refractivity (Wildman–Crippen MR) is 135 cm³/mol. The standard InChI is InChI=1S/C24H21Cl2N3O4S/c1-3-32-23(31)21-14(2)27-24-29(10-11-34-24)22(21)16-6-4-5-7-19(16)33-13-20(30)28-18-9-8-15(25)12-17(18)26/h4-12,22H,3,13H2,1-2H3,(H,28,30)/t22-/m0/s1. The molecule has 0 bridgehead atoms. The number of hydrogen-bond donors (Lipinski definition) is 1. The number of para-hydroxylation sites is 1. The number of hydrogen-bond acceptors (Lipinski definition) is 7. The highest BCUT2D eigenvalue weighted by Crippen LogP contribution is 2.43. The number of aliphatic imine (C=N–C) groups is 1. The number of thioether (sulfide) groups is 1. The Morgan fingerprint density at radius 3 is 2.76 bits per heavy atom. The molecule has 0 saturated heterocycles. The Labute approximate surface area is 211 Å². The van der Waals surface area contributed by atoms with E-state index in [0.29, 0.717) is 38.3 Å². The van der Waals surface area contributed by atoms with Gasteiger partial charge in [0.2, 0.25) is 0 Å². The third-order valence-corrected chi connectivity index (χ3v) is 6.41. The van der Waals surface area contributed by atoms with Crippen molar-refractivity contribution in [2.24, 2.45) is 4.99 Å². The summed E-state index contributed by atoms with van der Waals surface area (Å²) in [5.41, 5.74) is 2.15. The average molecular weight is 518 g/mol. The second-order valence-corrected chi connectivity index (χ2v) is 9.04. The van der Waals surface area contributed by atoms with Gasteiger partial charge >= 0.3 is 5.97 Å². The SMILES string of the molecule is CCOC(=O)C1=C(C)N=C2SC=CN2[C@H]1c1ccccc1OCC(=O)Nc1ccc(Cl)cc1Cl. The summed E-state index contributed by atoms with van der Waals surface area (Å²) in [5, 5.41) is 6.16. The number of esters is 1. The zero-order chi connectivity index (χ0) is 24.2. The highest BCUT2D eigenvalue weighted by molar-refractivity contribution is 8.16. The Morgan fingerprint density at radius 2 is 2.00 bits per heavy atom. The summed E-state index contributed by atoms with van der Waals surface area (Å²) in [6.07, 6.45) is 1.87. The molecule has 2 aromatic rings. The molecule has 0 radical (unpaired) electrons. The summed E-state index contributed by atoms with van der Waals surface area (Å²) >= 11 is 13.5. The lowest BCUT2D eigenvalue weighted by atomic mass is 9.94. The molecule has 2 aliphatic heterocycles. The smallest absolute Gasteiger partial charge is 0.338 e. The molecule has 0 aromatic heterocycles. The molecule has 2 aliphatic rings. The normalized spacial score (nSPS) is 16.8. The Bertz CT molecular complexity index is 1230. The number of benzene rings is 2. The highest BCUT2D eigenvalue weighted by Gasteiger charge is 2.38. The molecule has 2 aromatic carbocycles. The topological polar surface area (TPSA) is 80.2 Å². The fourth-order valence-corrected chi connectivity index (χ4v) is 4.88. The van der Waals surface area contributed by atoms with E-state index >= 15 is 0 Å². The minimum Gasteiger partial charge on any atom is -0.483 e. The molecule has 0 aliphatic carbocycles. The molecule has 34 heavy (non-hydrogen) atoms. The highest BCUT2D eigenvalue weighted by atomic mass is 35.5. The van der Waals surface area contributed by atoms with Gasteiger partial charge in [0.25, 0.3) is 5.91 Å². The van der Waals surface area contributed by atoms with E-state index in [4.69, 9.17) is 32.7 Å². The number of ether oxygens (including phenoxy) is 2. The Balaban J connectivity index is 1.59. The van der Waals surface area contributed by atoms with Crippen LogP contribution < -0.4 is 10.1 Å². The van der Waals surface area contributed by atoms with Crippen molar-refractivity contribution in [3.63, 3.8) is 0 Å². The molecule has 4 rings (SSSR count). The van der Waals surface area contributed by atoms with Crippen LogP contribution >= 0.6 is 35.0 Å². The van der Waals surface area contributed by atoms with Crippen LogP contribution in [0.3, 0.4) is 0 Å². The molecular weight excluding hydrogens is 497 g/mol. The summed E-state index contributed by atoms with van der Waals surface area (Å²) in [7, 11) is 0. The molecule has 0 unspecified atom stereocenters. The number of carbonyl (C=O) groups is 2. The van der Waals surface area contributed by atoms with Crippen molar-refractivity contribution >= 4 is 57.7 Å². The van der Waals surface area contributed by atoms with E-state index in [1.54, 1.807) is 44.2 Å². The summed E-state index contributed by atoms with van der Waals surface area (Å²) in [4.78, 5) is 31.9. The molecule has 0 fully saturated rings. The molecule has 1 N–H and O–H groups in total. The second-order valence-electron chi connectivity index (χ2n) is 7.33. The van der Waals surface area contributed by atoms with Crippen LogP contribution in [0.1, 0.15) is 25.5 Å². The van der Waals surface area contributed by atoms with Crippen LogP contribution in [0.25, 0.3) is 0 Å². The van der Waals surface area contributed by atoms with Crippen molar-refractivity contribution in [2.75, 3.05) is 18.5 Å². The first-order valence-electron chi connectivity index (χ1n) is 10.4. The maximum absolute atomic E-state index is 12.9. The number of nitrogens with zero attached hydrogens (tertiary/aromatic N) is 2. The van der Waals surface area contributed by atoms with Crippen LogP contribution in [0.2, 0.25) is 10.0 Å². The van der Waals surface area contributed by atoms with Crippen molar-refractivity contribution in [3.8, 4) is 5.75 Å². The van der Waals surface area contributed by atoms with Gasteiger partial charge in [0.05, 0.1) is 34.6 Å². The number of amidine groups is 1. The van der Waals surface area contributed by atoms with Crippen LogP contribution in [0, 0.1) is 0 Å². The van der Waals surface area contributed by atoms with Crippen LogP contribution in [0.5, 0.6) is 5.75 Å². The molecular formula is C24H21Cl2N3O4S. The van der Waals surface area contributed by atoms with Crippen molar-refractivity contribution in [3.05, 3.63) is 81.0 Å². The van der Waals surface area contributed by atoms with Crippen molar-refractivity contribution < 1.29 is 19.1 Å². The molecule has 1 atom stereocenters. The third-order valence-electron chi connectivity index (χ3n) is 5.09. The van der Waals surface area contributed by atoms with Gasteiger partial charge in [0, 0.05) is 16.8 Å². The van der Waals surface area contributed by atoms with E-state index in [9.17, 15) is 9.59 Å². The van der Waals surface area contributed by atoms with E-state index in [2.05, 4.69) is 10.3 Å². The Morgan fingerprint density at radius 1 is 1.21 bits per heavy atom. The van der Waals surface area contributed by atoms with Gasteiger partial charge in [-0.3, -0.25) is 4.79 Å². The monoisotopic (exact) mass is 517 g/mol. The first kappa shape index (κ1) is 24.2. The summed E-state index contributed by atoms with van der Waals surface area (Å²) < 4.78 is 11.2. The number of halogens is 2. The lowest BCUT2D eigenvalue weighted by molar-refractivity contribution is -0.139. The zero-order valence-electron chi connectivity index (χ0n) is 18.4. The number of carbonyl (C=O) groups excluding carboxylic acids is 2. The summed E-state index contributed by atoms with van der Waals surface area (Å²) in [6, 6.07) is 11.6. The van der Waals surface area contributed by atoms with E-state index < -0.39 is 12.0 Å². The first-order valence-corrected chi connectivity index (χ1v) is 12.1. The predicted octanol–water partition coefficient (Wildman–Crippen LogP) is 5.78. The third kappa shape index (κ3) is 5.09. The Hall–Kier alpha value is -2.94. The molecule has 2 heterocycles. The van der Waals surface area contributed by atoms with Gasteiger partial charge in [0.1, 0.15) is 5.75 Å². The van der Waals surface area contributed by atoms with Gasteiger partial charge in [-0.15, -0.1) is 0 Å². The van der Waals surface area contributed by atoms with Crippen LogP contribution in [-0.4, -0.2) is 35.2 Å². The fraction of sp³-hybridized carbons (Fsp3) is 0.208. The quantitative estimate of drug-likeness (QED) is 0.469. The van der Waals surface area contributed by atoms with Gasteiger partial charge in [-0.2, -0.15) is 0 Å². The van der Waals surface area contributed by atoms with E-state index in [1.165, 1.54) is 11.8 Å². The maximum atomic E-state index is 12.9. The minimum absolute atomic E-state index is 0.245. The number of nitrogens with one attached hydrogen (secondary N) is 1. The van der Waals surface area contributed by atoms with Gasteiger partial charge in [-0.1, -0.05) is 53.2 Å². The Kier molecular flexibility index (Phi) is 7.50. The zero-order valence-corrected chi connectivity index (χ0v) is 20.7. The van der Waals surface area contributed by atoms with E-state index in [-0.39, 0.29) is 19.1 Å². The largest absolute Gasteiger partial charge is 0.483 e. The lowest BCUT2D eigenvalue weighted by Gasteiger charge is -2.34. The molecule has 0 spiro atoms. The van der Waals surface area contributed by atoms with Crippen LogP contribution in [0.15, 0.2) is 70.3 Å². The minimum atomic E-state index is -0.511. The second kappa shape index (κ2) is 10.5. The maximum Gasteiger partial charge on any atom is 0.338 e. The van der Waals surface area contributed by atoms with Crippen molar-refractivity contribution in [1.82, 2.24) is 4.90 Å². The van der Waals surface area contributed by atoms with Gasteiger partial charge in [-0.05, 0) is 43.5 Å². The van der Waals surface area contributed by atoms with Crippen molar-refractivity contribution in [2.45, 2.75) is 19.9 Å². The number of amides is 1. The lowest BCUT2D eigenvalue weighted by Crippen LogP contribution is -2.34. The summed E-state index contributed by atoms with van der Waals surface area (Å²) in [6.45, 7) is 3.53. The molecule has 10 heteroatoms. The van der Waals surface area contributed by atoms with E-state index in [1.807, 2.05) is 28.6 Å². The van der Waals surface area contributed by atoms with Crippen LogP contribution in [0.4, 0.5) is 5.69 Å². The van der Waals surface area contributed by atoms with Gasteiger partial charge in [-0.25, -0.2) is 9.79 Å². The number of rotatable bonds is 7. The summed E-state index contributed by atoms with van der Waals surface area (Å²) in [5.74, 6) is -0.368. The molecule has 1 amide bonds. The number of anilines is 1. The molecule has 176 valence electrons. The molecule has 0 saturated carbocycles. The average Bonchev–Trinajstić information content (AvgIpc) is 3.27. The molecule has 7 nitrogen and oxygen atoms in total. The van der Waals surface area contributed by atoms with Gasteiger partial charge < -0.3 is 19.7 Å². The number of allylic oxidation sites excluding steroid dienone is 1. The van der Waals surface area contributed by atoms with E-state index in [0.717, 1.165) is 5.17 Å².